The molecule has 33 heavy (non-hydrogen) atoms. The van der Waals surface area contributed by atoms with Gasteiger partial charge in [0, 0.05) is 24.1 Å². The summed E-state index contributed by atoms with van der Waals surface area (Å²) in [6.07, 6.45) is 4.78. The van der Waals surface area contributed by atoms with Crippen molar-refractivity contribution in [3.63, 3.8) is 0 Å². The molecule has 0 unspecified atom stereocenters. The monoisotopic (exact) mass is 446 g/mol. The Balaban J connectivity index is 1.65. The number of rotatable bonds is 4. The van der Waals surface area contributed by atoms with Crippen molar-refractivity contribution in [3.8, 4) is 0 Å². The van der Waals surface area contributed by atoms with Crippen molar-refractivity contribution in [2.75, 3.05) is 25.1 Å². The summed E-state index contributed by atoms with van der Waals surface area (Å²) in [6.45, 7) is 6.58. The van der Waals surface area contributed by atoms with E-state index in [1.54, 1.807) is 4.90 Å². The molecule has 1 amide bonds. The van der Waals surface area contributed by atoms with Gasteiger partial charge in [0.05, 0.1) is 23.8 Å². The number of anilines is 1. The van der Waals surface area contributed by atoms with Gasteiger partial charge in [-0.15, -0.1) is 0 Å². The second-order valence-electron chi connectivity index (χ2n) is 9.57. The van der Waals surface area contributed by atoms with Gasteiger partial charge < -0.3 is 14.6 Å². The minimum absolute atomic E-state index is 0.112. The molecule has 0 saturated carbocycles. The fraction of sp³-hybridized carbons (Fsp3) is 0.481. The van der Waals surface area contributed by atoms with Gasteiger partial charge in [-0.1, -0.05) is 30.3 Å². The fourth-order valence-corrected chi connectivity index (χ4v) is 5.68. The summed E-state index contributed by atoms with van der Waals surface area (Å²) < 4.78 is 7.58. The van der Waals surface area contributed by atoms with Crippen molar-refractivity contribution in [3.05, 3.63) is 59.4 Å². The Hall–Kier alpha value is -2.86. The van der Waals surface area contributed by atoms with Crippen LogP contribution in [0.15, 0.2) is 42.5 Å². The number of piperidine rings is 1. The highest BCUT2D eigenvalue weighted by atomic mass is 16.5. The number of amides is 1. The molecule has 1 aromatic heterocycles. The minimum atomic E-state index is -0.298. The third-order valence-electron chi connectivity index (χ3n) is 7.53. The highest BCUT2D eigenvalue weighted by Gasteiger charge is 2.32. The van der Waals surface area contributed by atoms with Crippen LogP contribution < -0.4 is 10.2 Å². The zero-order valence-corrected chi connectivity index (χ0v) is 19.9. The number of aryl methyl sites for hydroxylation is 1. The summed E-state index contributed by atoms with van der Waals surface area (Å²) in [6, 6.07) is 15.3. The molecule has 0 spiro atoms. The van der Waals surface area contributed by atoms with Crippen LogP contribution in [-0.4, -0.2) is 41.9 Å². The molecular formula is C27H34N4O2. The standard InChI is InChI=1S/C27H34N4O2/c1-18-11-12-22-23(30(18)27(32)33-3)13-14-24-26(22)29-25(16-20-8-5-4-6-9-20)31(24)19(2)21-10-7-15-28-17-21/h4-6,8-9,13-14,18-19,21,28H,7,10-12,15-17H2,1-3H3/t18-,19-,21+/m0/s1. The highest BCUT2D eigenvalue weighted by molar-refractivity contribution is 5.95. The first kappa shape index (κ1) is 22.0. The van der Waals surface area contributed by atoms with E-state index in [1.807, 2.05) is 0 Å². The second kappa shape index (κ2) is 9.18. The smallest absolute Gasteiger partial charge is 0.414 e. The fourth-order valence-electron chi connectivity index (χ4n) is 5.68. The van der Waals surface area contributed by atoms with E-state index in [1.165, 1.54) is 31.0 Å². The number of fused-ring (bicyclic) bond motifs is 3. The van der Waals surface area contributed by atoms with Gasteiger partial charge in [-0.2, -0.15) is 0 Å². The van der Waals surface area contributed by atoms with Crippen LogP contribution in [0, 0.1) is 5.92 Å². The van der Waals surface area contributed by atoms with E-state index < -0.39 is 0 Å². The number of hydrogen-bond donors (Lipinski definition) is 1. The van der Waals surface area contributed by atoms with Crippen molar-refractivity contribution in [1.29, 1.82) is 0 Å². The van der Waals surface area contributed by atoms with Crippen molar-refractivity contribution in [1.82, 2.24) is 14.9 Å². The number of carbonyl (C=O) groups is 1. The van der Waals surface area contributed by atoms with Gasteiger partial charge in [-0.25, -0.2) is 9.78 Å². The Bertz CT molecular complexity index is 1130. The first-order valence-electron chi connectivity index (χ1n) is 12.2. The lowest BCUT2D eigenvalue weighted by molar-refractivity contribution is 0.175. The molecule has 5 rings (SSSR count). The highest BCUT2D eigenvalue weighted by Crippen LogP contribution is 2.39. The Morgan fingerprint density at radius 1 is 1.21 bits per heavy atom. The SMILES string of the molecule is COC(=O)N1c2ccc3c(nc(Cc4ccccc4)n3[C@@H](C)[C@@H]3CCCNC3)c2CC[C@@H]1C. The number of hydrogen-bond acceptors (Lipinski definition) is 4. The van der Waals surface area contributed by atoms with Crippen LogP contribution >= 0.6 is 0 Å². The van der Waals surface area contributed by atoms with E-state index in [0.717, 1.165) is 54.9 Å². The Morgan fingerprint density at radius 2 is 2.03 bits per heavy atom. The molecule has 174 valence electrons. The normalized spacial score (nSPS) is 21.6. The number of carbonyl (C=O) groups excluding carboxylic acids is 1. The molecule has 1 saturated heterocycles. The van der Waals surface area contributed by atoms with Crippen LogP contribution in [-0.2, 0) is 17.6 Å². The van der Waals surface area contributed by atoms with E-state index in [0.29, 0.717) is 12.0 Å². The number of aromatic nitrogens is 2. The van der Waals surface area contributed by atoms with Gasteiger partial charge in [-0.3, -0.25) is 4.90 Å². The van der Waals surface area contributed by atoms with Crippen LogP contribution in [0.5, 0.6) is 0 Å². The average Bonchev–Trinajstić information content (AvgIpc) is 3.22. The summed E-state index contributed by atoms with van der Waals surface area (Å²) in [5.41, 5.74) is 5.59. The number of nitrogens with one attached hydrogen (secondary N) is 1. The summed E-state index contributed by atoms with van der Waals surface area (Å²) in [5.74, 6) is 1.68. The lowest BCUT2D eigenvalue weighted by Crippen LogP contribution is -2.42. The largest absolute Gasteiger partial charge is 0.452 e. The number of imidazole rings is 1. The van der Waals surface area contributed by atoms with Gasteiger partial charge in [0.2, 0.25) is 0 Å². The molecule has 6 heteroatoms. The first-order valence-corrected chi connectivity index (χ1v) is 12.2. The quantitative estimate of drug-likeness (QED) is 0.606. The molecule has 1 fully saturated rings. The van der Waals surface area contributed by atoms with Crippen molar-refractivity contribution < 1.29 is 9.53 Å². The summed E-state index contributed by atoms with van der Waals surface area (Å²) in [4.78, 5) is 19.6. The van der Waals surface area contributed by atoms with E-state index >= 15 is 0 Å². The van der Waals surface area contributed by atoms with Gasteiger partial charge >= 0.3 is 6.09 Å². The molecular weight excluding hydrogens is 412 g/mol. The number of benzene rings is 2. The van der Waals surface area contributed by atoms with Crippen LogP contribution in [0.1, 0.15) is 56.1 Å². The summed E-state index contributed by atoms with van der Waals surface area (Å²) in [7, 11) is 1.45. The Kier molecular flexibility index (Phi) is 6.11. The summed E-state index contributed by atoms with van der Waals surface area (Å²) in [5, 5.41) is 3.58. The Labute approximate surface area is 195 Å². The zero-order valence-electron chi connectivity index (χ0n) is 19.9. The lowest BCUT2D eigenvalue weighted by atomic mass is 9.92. The van der Waals surface area contributed by atoms with Crippen molar-refractivity contribution in [2.45, 2.75) is 58.0 Å². The number of ether oxygens (including phenoxy) is 1. The molecule has 0 radical (unpaired) electrons. The lowest BCUT2D eigenvalue weighted by Gasteiger charge is -2.34. The van der Waals surface area contributed by atoms with Gasteiger partial charge in [0.15, 0.2) is 0 Å². The van der Waals surface area contributed by atoms with Crippen molar-refractivity contribution >= 4 is 22.8 Å². The van der Waals surface area contributed by atoms with Gasteiger partial charge in [0.25, 0.3) is 0 Å². The third-order valence-corrected chi connectivity index (χ3v) is 7.53. The first-order chi connectivity index (χ1) is 16.1. The molecule has 1 N–H and O–H groups in total. The van der Waals surface area contributed by atoms with Crippen LogP contribution in [0.3, 0.4) is 0 Å². The number of methoxy groups -OCH3 is 1. The molecule has 2 aromatic carbocycles. The third kappa shape index (κ3) is 4.01. The molecule has 3 aromatic rings. The molecule has 3 atom stereocenters. The maximum atomic E-state index is 12.6. The molecule has 2 aliphatic heterocycles. The second-order valence-corrected chi connectivity index (χ2v) is 9.57. The number of nitrogens with zero attached hydrogens (tertiary/aromatic N) is 3. The maximum absolute atomic E-state index is 12.6. The average molecular weight is 447 g/mol. The Morgan fingerprint density at radius 3 is 2.76 bits per heavy atom. The van der Waals surface area contributed by atoms with Crippen molar-refractivity contribution in [2.24, 2.45) is 5.92 Å². The van der Waals surface area contributed by atoms with Crippen LogP contribution in [0.2, 0.25) is 0 Å². The van der Waals surface area contributed by atoms with Gasteiger partial charge in [-0.05, 0) is 76.2 Å². The predicted octanol–water partition coefficient (Wildman–Crippen LogP) is 5.10. The topological polar surface area (TPSA) is 59.4 Å². The molecule has 0 aliphatic carbocycles. The van der Waals surface area contributed by atoms with Gasteiger partial charge in [0.1, 0.15) is 5.82 Å². The van der Waals surface area contributed by atoms with Crippen LogP contribution in [0.4, 0.5) is 10.5 Å². The van der Waals surface area contributed by atoms with E-state index in [9.17, 15) is 4.79 Å². The molecule has 6 nitrogen and oxygen atoms in total. The zero-order chi connectivity index (χ0) is 22.9. The minimum Gasteiger partial charge on any atom is -0.452 e. The summed E-state index contributed by atoms with van der Waals surface area (Å²) >= 11 is 0. The van der Waals surface area contributed by atoms with E-state index in [4.69, 9.17) is 9.72 Å². The maximum Gasteiger partial charge on any atom is 0.414 e. The van der Waals surface area contributed by atoms with E-state index in [-0.39, 0.29) is 12.1 Å². The molecule has 3 heterocycles. The van der Waals surface area contributed by atoms with E-state index in [2.05, 4.69) is 66.2 Å². The molecule has 2 aliphatic rings. The van der Waals surface area contributed by atoms with Crippen LogP contribution in [0.25, 0.3) is 11.0 Å². The predicted molar refractivity (Wildman–Crippen MR) is 132 cm³/mol. The molecule has 0 bridgehead atoms.